The van der Waals surface area contributed by atoms with Crippen molar-refractivity contribution in [2.45, 2.75) is 19.8 Å². The van der Waals surface area contributed by atoms with Crippen LogP contribution in [-0.4, -0.2) is 24.0 Å². The van der Waals surface area contributed by atoms with Crippen LogP contribution in [-0.2, 0) is 4.74 Å². The van der Waals surface area contributed by atoms with E-state index in [4.69, 9.17) is 4.74 Å². The third kappa shape index (κ3) is 5.19. The minimum Gasteiger partial charge on any atom is -0.465 e. The lowest BCUT2D eigenvalue weighted by atomic mass is 10.0. The molecule has 1 amide bonds. The summed E-state index contributed by atoms with van der Waals surface area (Å²) >= 11 is 0. The van der Waals surface area contributed by atoms with E-state index >= 15 is 0 Å². The van der Waals surface area contributed by atoms with Gasteiger partial charge in [-0.2, -0.15) is 0 Å². The van der Waals surface area contributed by atoms with E-state index in [1.165, 1.54) is 12.7 Å². The fourth-order valence-electron chi connectivity index (χ4n) is 2.76. The minimum absolute atomic E-state index is 0.276. The molecule has 0 spiro atoms. The molecule has 0 bridgehead atoms. The molecule has 3 aromatic rings. The normalized spacial score (nSPS) is 10.5. The Morgan fingerprint density at radius 2 is 1.66 bits per heavy atom. The lowest BCUT2D eigenvalue weighted by Crippen LogP contribution is -2.13. The molecule has 1 aromatic heterocycles. The number of carbonyl (C=O) groups is 2. The molecule has 6 nitrogen and oxygen atoms in total. The third-order valence-corrected chi connectivity index (χ3v) is 4.40. The monoisotopic (exact) mass is 389 g/mol. The predicted molar refractivity (Wildman–Crippen MR) is 114 cm³/mol. The van der Waals surface area contributed by atoms with E-state index in [2.05, 4.69) is 29.5 Å². The second-order valence-corrected chi connectivity index (χ2v) is 6.86. The number of pyridine rings is 1. The fourth-order valence-corrected chi connectivity index (χ4v) is 2.76. The largest absolute Gasteiger partial charge is 0.465 e. The zero-order valence-electron chi connectivity index (χ0n) is 16.6. The Labute approximate surface area is 169 Å². The Kier molecular flexibility index (Phi) is 6.24. The summed E-state index contributed by atoms with van der Waals surface area (Å²) in [6.45, 7) is 4.25. The minimum atomic E-state index is -0.403. The number of benzene rings is 2. The number of nitrogens with one attached hydrogen (secondary N) is 2. The highest BCUT2D eigenvalue weighted by atomic mass is 16.5. The molecule has 1 heterocycles. The maximum Gasteiger partial charge on any atom is 0.337 e. The SMILES string of the molecule is COC(=O)c1cccc(Nc2ccc(C(=O)Nc3ccc(C(C)C)cc3)nc2)c1. The summed E-state index contributed by atoms with van der Waals surface area (Å²) in [6.07, 6.45) is 1.57. The highest BCUT2D eigenvalue weighted by Gasteiger charge is 2.09. The molecule has 6 heteroatoms. The maximum absolute atomic E-state index is 12.4. The molecular formula is C23H23N3O3. The average molecular weight is 389 g/mol. The van der Waals surface area contributed by atoms with Crippen molar-refractivity contribution in [2.75, 3.05) is 17.7 Å². The number of amides is 1. The van der Waals surface area contributed by atoms with Crippen LogP contribution in [0.2, 0.25) is 0 Å². The van der Waals surface area contributed by atoms with Crippen molar-refractivity contribution < 1.29 is 14.3 Å². The van der Waals surface area contributed by atoms with Crippen LogP contribution >= 0.6 is 0 Å². The number of anilines is 3. The van der Waals surface area contributed by atoms with Gasteiger partial charge in [0.1, 0.15) is 5.69 Å². The smallest absolute Gasteiger partial charge is 0.337 e. The van der Waals surface area contributed by atoms with Crippen LogP contribution < -0.4 is 10.6 Å². The van der Waals surface area contributed by atoms with Gasteiger partial charge in [-0.05, 0) is 53.9 Å². The molecule has 0 atom stereocenters. The van der Waals surface area contributed by atoms with Gasteiger partial charge in [-0.25, -0.2) is 9.78 Å². The zero-order valence-corrected chi connectivity index (χ0v) is 16.6. The topological polar surface area (TPSA) is 80.3 Å². The Morgan fingerprint density at radius 1 is 0.931 bits per heavy atom. The molecule has 2 aromatic carbocycles. The van der Waals surface area contributed by atoms with E-state index in [-0.39, 0.29) is 5.91 Å². The Bertz CT molecular complexity index is 997. The van der Waals surface area contributed by atoms with Gasteiger partial charge in [0.15, 0.2) is 0 Å². The summed E-state index contributed by atoms with van der Waals surface area (Å²) < 4.78 is 4.73. The molecule has 0 fully saturated rings. The molecule has 0 unspecified atom stereocenters. The standard InChI is InChI=1S/C23H23N3O3/c1-15(2)16-7-9-18(10-8-16)26-22(27)21-12-11-20(14-24-21)25-19-6-4-5-17(13-19)23(28)29-3/h4-15,25H,1-3H3,(H,26,27). The molecule has 2 N–H and O–H groups in total. The number of ether oxygens (including phenoxy) is 1. The molecule has 0 aliphatic heterocycles. The summed E-state index contributed by atoms with van der Waals surface area (Å²) in [7, 11) is 1.34. The van der Waals surface area contributed by atoms with E-state index in [1.54, 1.807) is 36.5 Å². The first-order valence-electron chi connectivity index (χ1n) is 9.29. The summed E-state index contributed by atoms with van der Waals surface area (Å²) in [4.78, 5) is 28.3. The van der Waals surface area contributed by atoms with Gasteiger partial charge >= 0.3 is 5.97 Å². The van der Waals surface area contributed by atoms with E-state index in [0.29, 0.717) is 22.9 Å². The van der Waals surface area contributed by atoms with Gasteiger partial charge in [0, 0.05) is 11.4 Å². The molecule has 3 rings (SSSR count). The molecule has 0 aliphatic carbocycles. The summed E-state index contributed by atoms with van der Waals surface area (Å²) in [6, 6.07) is 18.1. The number of esters is 1. The average Bonchev–Trinajstić information content (AvgIpc) is 2.74. The van der Waals surface area contributed by atoms with Crippen LogP contribution in [0.15, 0.2) is 66.9 Å². The van der Waals surface area contributed by atoms with Crippen molar-refractivity contribution in [3.63, 3.8) is 0 Å². The van der Waals surface area contributed by atoms with Crippen molar-refractivity contribution in [3.05, 3.63) is 83.7 Å². The number of aromatic nitrogens is 1. The van der Waals surface area contributed by atoms with Crippen LogP contribution in [0.4, 0.5) is 17.1 Å². The molecule has 0 saturated heterocycles. The van der Waals surface area contributed by atoms with Crippen molar-refractivity contribution in [1.82, 2.24) is 4.98 Å². The summed E-state index contributed by atoms with van der Waals surface area (Å²) in [5.41, 5.74) is 4.12. The highest BCUT2D eigenvalue weighted by Crippen LogP contribution is 2.19. The molecule has 0 radical (unpaired) electrons. The molecular weight excluding hydrogens is 366 g/mol. The lowest BCUT2D eigenvalue weighted by molar-refractivity contribution is 0.0600. The summed E-state index contributed by atoms with van der Waals surface area (Å²) in [5, 5.41) is 6.00. The van der Waals surface area contributed by atoms with Crippen LogP contribution in [0.1, 0.15) is 46.2 Å². The molecule has 148 valence electrons. The number of methoxy groups -OCH3 is 1. The molecule has 0 aliphatic rings. The third-order valence-electron chi connectivity index (χ3n) is 4.40. The van der Waals surface area contributed by atoms with Gasteiger partial charge in [0.05, 0.1) is 24.6 Å². The number of nitrogens with zero attached hydrogens (tertiary/aromatic N) is 1. The van der Waals surface area contributed by atoms with E-state index in [0.717, 1.165) is 11.4 Å². The van der Waals surface area contributed by atoms with Crippen molar-refractivity contribution in [3.8, 4) is 0 Å². The first-order valence-corrected chi connectivity index (χ1v) is 9.29. The van der Waals surface area contributed by atoms with Gasteiger partial charge in [-0.3, -0.25) is 4.79 Å². The highest BCUT2D eigenvalue weighted by molar-refractivity contribution is 6.03. The van der Waals surface area contributed by atoms with Crippen LogP contribution in [0.5, 0.6) is 0 Å². The predicted octanol–water partition coefficient (Wildman–Crippen LogP) is 4.99. The quantitative estimate of drug-likeness (QED) is 0.581. The molecule has 0 saturated carbocycles. The lowest BCUT2D eigenvalue weighted by Gasteiger charge is -2.10. The number of hydrogen-bond acceptors (Lipinski definition) is 5. The van der Waals surface area contributed by atoms with E-state index < -0.39 is 5.97 Å². The van der Waals surface area contributed by atoms with Crippen molar-refractivity contribution in [1.29, 1.82) is 0 Å². The Balaban J connectivity index is 1.65. The van der Waals surface area contributed by atoms with Gasteiger partial charge in [0.2, 0.25) is 0 Å². The van der Waals surface area contributed by atoms with Gasteiger partial charge in [0.25, 0.3) is 5.91 Å². The Morgan fingerprint density at radius 3 is 2.28 bits per heavy atom. The summed E-state index contributed by atoms with van der Waals surface area (Å²) in [5.74, 6) is -0.239. The van der Waals surface area contributed by atoms with Gasteiger partial charge in [-0.15, -0.1) is 0 Å². The van der Waals surface area contributed by atoms with Gasteiger partial charge < -0.3 is 15.4 Å². The van der Waals surface area contributed by atoms with Crippen LogP contribution in [0, 0.1) is 0 Å². The second-order valence-electron chi connectivity index (χ2n) is 6.86. The first-order chi connectivity index (χ1) is 14.0. The van der Waals surface area contributed by atoms with Crippen LogP contribution in [0.25, 0.3) is 0 Å². The number of hydrogen-bond donors (Lipinski definition) is 2. The van der Waals surface area contributed by atoms with E-state index in [1.807, 2.05) is 30.3 Å². The first kappa shape index (κ1) is 20.1. The van der Waals surface area contributed by atoms with E-state index in [9.17, 15) is 9.59 Å². The molecule has 29 heavy (non-hydrogen) atoms. The zero-order chi connectivity index (χ0) is 20.8. The maximum atomic E-state index is 12.4. The number of rotatable bonds is 6. The van der Waals surface area contributed by atoms with Crippen molar-refractivity contribution in [2.24, 2.45) is 0 Å². The number of carbonyl (C=O) groups excluding carboxylic acids is 2. The van der Waals surface area contributed by atoms with Gasteiger partial charge in [-0.1, -0.05) is 32.0 Å². The second kappa shape index (κ2) is 9.01. The van der Waals surface area contributed by atoms with Crippen LogP contribution in [0.3, 0.4) is 0 Å². The Hall–Kier alpha value is -3.67. The fraction of sp³-hybridized carbons (Fsp3) is 0.174. The van der Waals surface area contributed by atoms with Crippen molar-refractivity contribution >= 4 is 28.9 Å².